The average molecular weight is 313 g/mol. The molecular formula is C12H17ClN6O2. The van der Waals surface area contributed by atoms with E-state index in [0.29, 0.717) is 29.7 Å². The molecule has 0 spiro atoms. The van der Waals surface area contributed by atoms with Crippen molar-refractivity contribution in [2.45, 2.75) is 19.9 Å². The van der Waals surface area contributed by atoms with E-state index in [0.717, 1.165) is 12.0 Å². The van der Waals surface area contributed by atoms with Crippen molar-refractivity contribution >= 4 is 17.5 Å². The highest BCUT2D eigenvalue weighted by molar-refractivity contribution is 6.31. The molecule has 0 aliphatic carbocycles. The molecule has 0 aliphatic heterocycles. The van der Waals surface area contributed by atoms with Crippen LogP contribution in [0.25, 0.3) is 0 Å². The van der Waals surface area contributed by atoms with Crippen LogP contribution in [0.5, 0.6) is 11.5 Å². The predicted octanol–water partition coefficient (Wildman–Crippen LogP) is 1.45. The number of anilines is 1. The third-order valence-electron chi connectivity index (χ3n) is 2.71. The van der Waals surface area contributed by atoms with Crippen LogP contribution in [0.1, 0.15) is 18.9 Å². The molecule has 0 aliphatic rings. The van der Waals surface area contributed by atoms with Gasteiger partial charge in [0.1, 0.15) is 0 Å². The Bertz CT molecular complexity index is 603. The molecular weight excluding hydrogens is 296 g/mol. The quantitative estimate of drug-likeness (QED) is 0.798. The molecule has 0 radical (unpaired) electrons. The molecule has 0 saturated carbocycles. The zero-order valence-corrected chi connectivity index (χ0v) is 12.6. The number of rotatable bonds is 7. The SMILES string of the molecule is CCCOc1cc(Cl)c(CNn2nnnc2N)cc1OC. The van der Waals surface area contributed by atoms with Gasteiger partial charge in [-0.25, -0.2) is 0 Å². The standard InChI is InChI=1S/C12H17ClN6O2/c1-3-4-21-11-6-9(13)8(5-10(11)20-2)7-15-19-12(14)16-17-18-19/h5-6,15H,3-4,7H2,1-2H3,(H2,14,16,18). The summed E-state index contributed by atoms with van der Waals surface area (Å²) < 4.78 is 10.9. The molecule has 0 saturated heterocycles. The molecule has 3 N–H and O–H groups in total. The summed E-state index contributed by atoms with van der Waals surface area (Å²) in [5.74, 6) is 1.41. The van der Waals surface area contributed by atoms with Crippen LogP contribution < -0.4 is 20.6 Å². The number of nitrogen functional groups attached to an aromatic ring is 1. The second kappa shape index (κ2) is 6.98. The van der Waals surface area contributed by atoms with Crippen LogP contribution in [0.15, 0.2) is 12.1 Å². The summed E-state index contributed by atoms with van der Waals surface area (Å²) in [7, 11) is 1.58. The first kappa shape index (κ1) is 15.2. The summed E-state index contributed by atoms with van der Waals surface area (Å²) in [6, 6.07) is 3.54. The number of nitrogens with zero attached hydrogens (tertiary/aromatic N) is 4. The van der Waals surface area contributed by atoms with E-state index in [9.17, 15) is 0 Å². The molecule has 0 unspecified atom stereocenters. The number of tetrazole rings is 1. The first-order valence-corrected chi connectivity index (χ1v) is 6.80. The van der Waals surface area contributed by atoms with Crippen LogP contribution in [0, 0.1) is 0 Å². The first-order valence-electron chi connectivity index (χ1n) is 6.42. The van der Waals surface area contributed by atoms with Crippen LogP contribution in [0.4, 0.5) is 5.95 Å². The van der Waals surface area contributed by atoms with Crippen molar-refractivity contribution < 1.29 is 9.47 Å². The van der Waals surface area contributed by atoms with E-state index < -0.39 is 0 Å². The van der Waals surface area contributed by atoms with E-state index >= 15 is 0 Å². The largest absolute Gasteiger partial charge is 0.493 e. The fourth-order valence-corrected chi connectivity index (χ4v) is 1.88. The van der Waals surface area contributed by atoms with Gasteiger partial charge in [0.25, 0.3) is 5.95 Å². The number of hydrogen-bond donors (Lipinski definition) is 2. The van der Waals surface area contributed by atoms with Gasteiger partial charge in [0.2, 0.25) is 0 Å². The Balaban J connectivity index is 2.14. The molecule has 9 heteroatoms. The zero-order chi connectivity index (χ0) is 15.2. The Labute approximate surface area is 127 Å². The lowest BCUT2D eigenvalue weighted by molar-refractivity contribution is 0.294. The summed E-state index contributed by atoms with van der Waals surface area (Å²) in [5, 5.41) is 11.2. The molecule has 2 aromatic rings. The minimum absolute atomic E-state index is 0.168. The average Bonchev–Trinajstić information content (AvgIpc) is 2.89. The fraction of sp³-hybridized carbons (Fsp3) is 0.417. The molecule has 0 fully saturated rings. The van der Waals surface area contributed by atoms with Crippen LogP contribution >= 0.6 is 11.6 Å². The molecule has 1 aromatic heterocycles. The number of benzene rings is 1. The minimum Gasteiger partial charge on any atom is -0.493 e. The third-order valence-corrected chi connectivity index (χ3v) is 3.06. The summed E-state index contributed by atoms with van der Waals surface area (Å²) in [5.41, 5.74) is 9.32. The number of methoxy groups -OCH3 is 1. The normalized spacial score (nSPS) is 10.4. The maximum atomic E-state index is 6.25. The number of hydrogen-bond acceptors (Lipinski definition) is 7. The number of aromatic nitrogens is 4. The van der Waals surface area contributed by atoms with Crippen LogP contribution in [0.2, 0.25) is 5.02 Å². The summed E-state index contributed by atoms with van der Waals surface area (Å²) in [6.45, 7) is 3.02. The Morgan fingerprint density at radius 3 is 2.81 bits per heavy atom. The number of nitrogens with one attached hydrogen (secondary N) is 1. The van der Waals surface area contributed by atoms with Gasteiger partial charge in [-0.05, 0) is 28.5 Å². The predicted molar refractivity (Wildman–Crippen MR) is 79.1 cm³/mol. The highest BCUT2D eigenvalue weighted by Gasteiger charge is 2.11. The Morgan fingerprint density at radius 1 is 1.38 bits per heavy atom. The lowest BCUT2D eigenvalue weighted by Crippen LogP contribution is -2.18. The van der Waals surface area contributed by atoms with Crippen molar-refractivity contribution in [3.05, 3.63) is 22.7 Å². The first-order chi connectivity index (χ1) is 10.2. The number of halogens is 1. The van der Waals surface area contributed by atoms with Gasteiger partial charge in [0.05, 0.1) is 20.3 Å². The molecule has 114 valence electrons. The number of nitrogens with two attached hydrogens (primary N) is 1. The minimum atomic E-state index is 0.168. The van der Waals surface area contributed by atoms with Crippen molar-refractivity contribution in [2.75, 3.05) is 24.9 Å². The van der Waals surface area contributed by atoms with E-state index in [1.54, 1.807) is 19.2 Å². The molecule has 0 bridgehead atoms. The van der Waals surface area contributed by atoms with E-state index in [1.807, 2.05) is 6.92 Å². The van der Waals surface area contributed by atoms with E-state index in [4.69, 9.17) is 26.8 Å². The van der Waals surface area contributed by atoms with Gasteiger partial charge < -0.3 is 20.6 Å². The smallest absolute Gasteiger partial charge is 0.260 e. The van der Waals surface area contributed by atoms with E-state index in [2.05, 4.69) is 21.0 Å². The van der Waals surface area contributed by atoms with E-state index in [-0.39, 0.29) is 5.95 Å². The Kier molecular flexibility index (Phi) is 5.04. The fourth-order valence-electron chi connectivity index (χ4n) is 1.66. The van der Waals surface area contributed by atoms with Crippen molar-refractivity contribution in [3.63, 3.8) is 0 Å². The summed E-state index contributed by atoms with van der Waals surface area (Å²) >= 11 is 6.25. The van der Waals surface area contributed by atoms with Crippen molar-refractivity contribution in [3.8, 4) is 11.5 Å². The van der Waals surface area contributed by atoms with Gasteiger partial charge in [0, 0.05) is 11.1 Å². The molecule has 0 atom stereocenters. The maximum absolute atomic E-state index is 6.25. The molecule has 2 rings (SSSR count). The van der Waals surface area contributed by atoms with Crippen LogP contribution in [-0.2, 0) is 6.54 Å². The topological polar surface area (TPSA) is 100 Å². The van der Waals surface area contributed by atoms with Gasteiger partial charge in [-0.3, -0.25) is 0 Å². The highest BCUT2D eigenvalue weighted by atomic mass is 35.5. The highest BCUT2D eigenvalue weighted by Crippen LogP contribution is 2.33. The molecule has 1 aromatic carbocycles. The molecule has 0 amide bonds. The number of ether oxygens (including phenoxy) is 2. The monoisotopic (exact) mass is 312 g/mol. The lowest BCUT2D eigenvalue weighted by Gasteiger charge is -2.14. The van der Waals surface area contributed by atoms with Crippen molar-refractivity contribution in [1.29, 1.82) is 0 Å². The second-order valence-corrected chi connectivity index (χ2v) is 4.63. The Morgan fingerprint density at radius 2 is 2.19 bits per heavy atom. The molecule has 21 heavy (non-hydrogen) atoms. The van der Waals surface area contributed by atoms with Gasteiger partial charge in [-0.2, -0.15) is 0 Å². The summed E-state index contributed by atoms with van der Waals surface area (Å²) in [6.07, 6.45) is 0.905. The molecule has 1 heterocycles. The van der Waals surface area contributed by atoms with Gasteiger partial charge in [-0.15, -0.1) is 4.79 Å². The van der Waals surface area contributed by atoms with Gasteiger partial charge in [0.15, 0.2) is 11.5 Å². The zero-order valence-electron chi connectivity index (χ0n) is 11.8. The van der Waals surface area contributed by atoms with Crippen LogP contribution in [-0.4, -0.2) is 34.0 Å². The third kappa shape index (κ3) is 3.66. The van der Waals surface area contributed by atoms with Crippen molar-refractivity contribution in [1.82, 2.24) is 20.3 Å². The van der Waals surface area contributed by atoms with Crippen molar-refractivity contribution in [2.24, 2.45) is 0 Å². The second-order valence-electron chi connectivity index (χ2n) is 4.23. The molecule has 8 nitrogen and oxygen atoms in total. The summed E-state index contributed by atoms with van der Waals surface area (Å²) in [4.78, 5) is 1.27. The maximum Gasteiger partial charge on any atom is 0.260 e. The van der Waals surface area contributed by atoms with Gasteiger partial charge in [-0.1, -0.05) is 23.6 Å². The van der Waals surface area contributed by atoms with Gasteiger partial charge >= 0.3 is 0 Å². The van der Waals surface area contributed by atoms with Crippen LogP contribution in [0.3, 0.4) is 0 Å². The Hall–Kier alpha value is -2.22. The lowest BCUT2D eigenvalue weighted by atomic mass is 10.2. The van der Waals surface area contributed by atoms with E-state index in [1.165, 1.54) is 4.79 Å².